The van der Waals surface area contributed by atoms with Gasteiger partial charge in [-0.3, -0.25) is 14.6 Å². The van der Waals surface area contributed by atoms with Crippen LogP contribution in [-0.4, -0.2) is 51.5 Å². The first-order chi connectivity index (χ1) is 9.55. The molecule has 1 amide bonds. The number of hydrogen-bond acceptors (Lipinski definition) is 7. The minimum absolute atomic E-state index is 0.000242. The number of amides is 1. The van der Waals surface area contributed by atoms with E-state index >= 15 is 0 Å². The Balaban J connectivity index is 2.21. The molecular formula is C11H16N4O5. The third-order valence-electron chi connectivity index (χ3n) is 3.12. The number of ether oxygens (including phenoxy) is 1. The Hall–Kier alpha value is -1.97. The monoisotopic (exact) mass is 284 g/mol. The summed E-state index contributed by atoms with van der Waals surface area (Å²) >= 11 is 0. The molecule has 110 valence electrons. The van der Waals surface area contributed by atoms with Gasteiger partial charge in [-0.15, -0.1) is 0 Å². The smallest absolute Gasteiger partial charge is 0.276 e. The number of nitrogens with zero attached hydrogens (tertiary/aromatic N) is 1. The van der Waals surface area contributed by atoms with Crippen molar-refractivity contribution < 1.29 is 19.7 Å². The Labute approximate surface area is 113 Å². The first-order valence-corrected chi connectivity index (χ1v) is 6.08. The van der Waals surface area contributed by atoms with Gasteiger partial charge in [0.1, 0.15) is 11.8 Å². The van der Waals surface area contributed by atoms with E-state index in [-0.39, 0.29) is 30.4 Å². The maximum absolute atomic E-state index is 11.7. The summed E-state index contributed by atoms with van der Waals surface area (Å²) in [6, 6.07) is 0. The van der Waals surface area contributed by atoms with E-state index in [1.54, 1.807) is 0 Å². The average molecular weight is 284 g/mol. The summed E-state index contributed by atoms with van der Waals surface area (Å²) in [5, 5.41) is 20.9. The van der Waals surface area contributed by atoms with Gasteiger partial charge in [-0.05, 0) is 0 Å². The molecule has 2 rings (SSSR count). The lowest BCUT2D eigenvalue weighted by atomic mass is 10.1. The predicted octanol–water partition coefficient (Wildman–Crippen LogP) is -2.03. The van der Waals surface area contributed by atoms with Crippen LogP contribution in [0.15, 0.2) is 4.79 Å². The molecule has 9 heteroatoms. The molecule has 3 atom stereocenters. The highest BCUT2D eigenvalue weighted by Crippen LogP contribution is 2.24. The molecule has 1 aromatic heterocycles. The van der Waals surface area contributed by atoms with E-state index in [1.165, 1.54) is 0 Å². The highest BCUT2D eigenvalue weighted by atomic mass is 16.5. The van der Waals surface area contributed by atoms with Crippen molar-refractivity contribution in [1.29, 1.82) is 0 Å². The van der Waals surface area contributed by atoms with Gasteiger partial charge in [-0.25, -0.2) is 4.98 Å². The second-order valence-corrected chi connectivity index (χ2v) is 4.52. The van der Waals surface area contributed by atoms with Gasteiger partial charge < -0.3 is 26.0 Å². The zero-order chi connectivity index (χ0) is 14.7. The van der Waals surface area contributed by atoms with Gasteiger partial charge in [0, 0.05) is 12.8 Å². The van der Waals surface area contributed by atoms with Crippen LogP contribution in [0.2, 0.25) is 0 Å². The summed E-state index contributed by atoms with van der Waals surface area (Å²) in [5.74, 6) is -0.0706. The van der Waals surface area contributed by atoms with Crippen molar-refractivity contribution >= 4 is 18.0 Å². The van der Waals surface area contributed by atoms with E-state index in [9.17, 15) is 14.7 Å². The number of nitrogen functional groups attached to an aromatic ring is 1. The molecule has 0 bridgehead atoms. The van der Waals surface area contributed by atoms with Crippen LogP contribution in [0, 0.1) is 0 Å². The second kappa shape index (κ2) is 5.99. The van der Waals surface area contributed by atoms with Gasteiger partial charge in [-0.1, -0.05) is 0 Å². The van der Waals surface area contributed by atoms with Crippen molar-refractivity contribution in [3.05, 3.63) is 16.0 Å². The average Bonchev–Trinajstić information content (AvgIpc) is 2.73. The summed E-state index contributed by atoms with van der Waals surface area (Å²) in [5.41, 5.74) is 5.18. The Kier molecular flexibility index (Phi) is 4.32. The van der Waals surface area contributed by atoms with Crippen molar-refractivity contribution in [3.8, 4) is 0 Å². The quantitative estimate of drug-likeness (QED) is 0.391. The molecule has 1 fully saturated rings. The van der Waals surface area contributed by atoms with Gasteiger partial charge in [0.05, 0.1) is 24.5 Å². The number of carbonyl (C=O) groups excluding carboxylic acids is 1. The summed E-state index contributed by atoms with van der Waals surface area (Å²) in [4.78, 5) is 28.5. The van der Waals surface area contributed by atoms with Gasteiger partial charge in [0.2, 0.25) is 12.4 Å². The molecule has 1 saturated heterocycles. The van der Waals surface area contributed by atoms with E-state index in [2.05, 4.69) is 15.3 Å². The molecule has 6 N–H and O–H groups in total. The standard InChI is InChI=1S/C11H16N4O5/c12-11-14-6(9(13-4-17)10(19)15-11)1-5-2-7(18)8(3-16)20-5/h4-5,7-8,16,18H,1-3H2,(H,13,17)(H3,12,14,15,19)/t5-,7?,8+/m0/s1. The topological polar surface area (TPSA) is 151 Å². The normalized spacial score (nSPS) is 25.6. The van der Waals surface area contributed by atoms with Crippen LogP contribution in [0.5, 0.6) is 0 Å². The van der Waals surface area contributed by atoms with Gasteiger partial charge in [0.25, 0.3) is 5.56 Å². The van der Waals surface area contributed by atoms with E-state index in [0.717, 1.165) is 0 Å². The maximum Gasteiger partial charge on any atom is 0.276 e. The SMILES string of the molecule is Nc1nc(C[C@H]2CC(O)[C@@H](CO)O2)c(NC=O)c(=O)[nH]1. The van der Waals surface area contributed by atoms with Crippen LogP contribution in [0.1, 0.15) is 12.1 Å². The van der Waals surface area contributed by atoms with Crippen LogP contribution < -0.4 is 16.6 Å². The molecule has 20 heavy (non-hydrogen) atoms. The largest absolute Gasteiger partial charge is 0.394 e. The zero-order valence-electron chi connectivity index (χ0n) is 10.6. The molecule has 1 aromatic rings. The number of aliphatic hydroxyl groups excluding tert-OH is 2. The highest BCUT2D eigenvalue weighted by Gasteiger charge is 2.34. The summed E-state index contributed by atoms with van der Waals surface area (Å²) in [6.45, 7) is -0.290. The number of aromatic amines is 1. The van der Waals surface area contributed by atoms with E-state index in [0.29, 0.717) is 12.8 Å². The summed E-state index contributed by atoms with van der Waals surface area (Å²) in [7, 11) is 0. The van der Waals surface area contributed by atoms with Gasteiger partial charge in [0.15, 0.2) is 0 Å². The molecule has 2 heterocycles. The van der Waals surface area contributed by atoms with E-state index in [4.69, 9.17) is 15.6 Å². The lowest BCUT2D eigenvalue weighted by molar-refractivity contribution is -0.105. The molecule has 0 spiro atoms. The van der Waals surface area contributed by atoms with Crippen LogP contribution in [-0.2, 0) is 16.0 Å². The fourth-order valence-electron chi connectivity index (χ4n) is 2.22. The lowest BCUT2D eigenvalue weighted by Gasteiger charge is -2.13. The van der Waals surface area contributed by atoms with Crippen molar-refractivity contribution in [2.75, 3.05) is 17.7 Å². The molecule has 9 nitrogen and oxygen atoms in total. The molecule has 0 radical (unpaired) electrons. The third-order valence-corrected chi connectivity index (χ3v) is 3.12. The van der Waals surface area contributed by atoms with Crippen LogP contribution in [0.25, 0.3) is 0 Å². The molecule has 0 aromatic carbocycles. The number of nitrogens with one attached hydrogen (secondary N) is 2. The number of aliphatic hydroxyl groups is 2. The van der Waals surface area contributed by atoms with Crippen molar-refractivity contribution in [3.63, 3.8) is 0 Å². The first-order valence-electron chi connectivity index (χ1n) is 6.08. The summed E-state index contributed by atoms with van der Waals surface area (Å²) in [6.07, 6.45) is -0.970. The highest BCUT2D eigenvalue weighted by molar-refractivity contribution is 5.72. The number of H-pyrrole nitrogens is 1. The number of anilines is 2. The number of aromatic nitrogens is 2. The Bertz CT molecular complexity index is 546. The number of rotatable bonds is 5. The maximum atomic E-state index is 11.7. The van der Waals surface area contributed by atoms with Crippen molar-refractivity contribution in [2.45, 2.75) is 31.2 Å². The lowest BCUT2D eigenvalue weighted by Crippen LogP contribution is -2.25. The van der Waals surface area contributed by atoms with Gasteiger partial charge in [-0.2, -0.15) is 0 Å². The third kappa shape index (κ3) is 2.95. The summed E-state index contributed by atoms with van der Waals surface area (Å²) < 4.78 is 5.43. The van der Waals surface area contributed by atoms with E-state index < -0.39 is 23.9 Å². The Morgan fingerprint density at radius 2 is 2.35 bits per heavy atom. The van der Waals surface area contributed by atoms with Crippen LogP contribution >= 0.6 is 0 Å². The molecule has 0 aliphatic carbocycles. The second-order valence-electron chi connectivity index (χ2n) is 4.52. The first kappa shape index (κ1) is 14.4. The number of carbonyl (C=O) groups is 1. The minimum atomic E-state index is -0.771. The van der Waals surface area contributed by atoms with E-state index in [1.807, 2.05) is 0 Å². The molecule has 1 aliphatic rings. The Morgan fingerprint density at radius 3 is 2.95 bits per heavy atom. The number of nitrogens with two attached hydrogens (primary N) is 1. The molecule has 1 aliphatic heterocycles. The molecule has 0 saturated carbocycles. The van der Waals surface area contributed by atoms with Crippen molar-refractivity contribution in [2.24, 2.45) is 0 Å². The fraction of sp³-hybridized carbons (Fsp3) is 0.545. The van der Waals surface area contributed by atoms with Gasteiger partial charge >= 0.3 is 0 Å². The molecule has 1 unspecified atom stereocenters. The fourth-order valence-corrected chi connectivity index (χ4v) is 2.22. The molecular weight excluding hydrogens is 268 g/mol. The predicted molar refractivity (Wildman–Crippen MR) is 69.0 cm³/mol. The zero-order valence-corrected chi connectivity index (χ0v) is 10.6. The van der Waals surface area contributed by atoms with Crippen molar-refractivity contribution in [1.82, 2.24) is 9.97 Å². The number of hydrogen-bond donors (Lipinski definition) is 5. The van der Waals surface area contributed by atoms with Crippen LogP contribution in [0.4, 0.5) is 11.6 Å². The Morgan fingerprint density at radius 1 is 1.60 bits per heavy atom. The minimum Gasteiger partial charge on any atom is -0.394 e. The van der Waals surface area contributed by atoms with Crippen LogP contribution in [0.3, 0.4) is 0 Å².